The molecule has 0 saturated carbocycles. The Morgan fingerprint density at radius 1 is 1.25 bits per heavy atom. The number of anilines is 1. The van der Waals surface area contributed by atoms with Crippen molar-refractivity contribution in [2.24, 2.45) is 0 Å². The van der Waals surface area contributed by atoms with E-state index in [2.05, 4.69) is 34.5 Å². The van der Waals surface area contributed by atoms with Gasteiger partial charge >= 0.3 is 0 Å². The van der Waals surface area contributed by atoms with Gasteiger partial charge in [-0.25, -0.2) is 0 Å². The SMILES string of the molecule is CC(O)CCCNCc1ccc(N2CCOCC2)cc1. The zero-order valence-electron chi connectivity index (χ0n) is 12.3. The van der Waals surface area contributed by atoms with Crippen LogP contribution in [0.25, 0.3) is 0 Å². The molecule has 2 rings (SSSR count). The summed E-state index contributed by atoms with van der Waals surface area (Å²) in [6.45, 7) is 7.30. The highest BCUT2D eigenvalue weighted by Crippen LogP contribution is 2.16. The molecule has 1 aromatic rings. The van der Waals surface area contributed by atoms with Crippen molar-refractivity contribution in [3.05, 3.63) is 29.8 Å². The molecule has 1 fully saturated rings. The molecule has 1 aliphatic heterocycles. The monoisotopic (exact) mass is 278 g/mol. The van der Waals surface area contributed by atoms with Crippen LogP contribution in [0.3, 0.4) is 0 Å². The van der Waals surface area contributed by atoms with Crippen LogP contribution in [0.5, 0.6) is 0 Å². The molecule has 0 aromatic heterocycles. The first kappa shape index (κ1) is 15.3. The van der Waals surface area contributed by atoms with Gasteiger partial charge in [-0.15, -0.1) is 0 Å². The average molecular weight is 278 g/mol. The van der Waals surface area contributed by atoms with Gasteiger partial charge in [0.1, 0.15) is 0 Å². The number of hydrogen-bond acceptors (Lipinski definition) is 4. The van der Waals surface area contributed by atoms with Crippen molar-refractivity contribution in [1.82, 2.24) is 5.32 Å². The lowest BCUT2D eigenvalue weighted by molar-refractivity contribution is 0.122. The quantitative estimate of drug-likeness (QED) is 0.746. The molecule has 20 heavy (non-hydrogen) atoms. The number of rotatable bonds is 7. The summed E-state index contributed by atoms with van der Waals surface area (Å²) in [6.07, 6.45) is 1.69. The Morgan fingerprint density at radius 3 is 2.60 bits per heavy atom. The maximum absolute atomic E-state index is 9.18. The number of ether oxygens (including phenoxy) is 1. The fourth-order valence-corrected chi connectivity index (χ4v) is 2.40. The minimum atomic E-state index is -0.190. The molecular formula is C16H26N2O2. The number of benzene rings is 1. The molecule has 0 radical (unpaired) electrons. The number of hydrogen-bond donors (Lipinski definition) is 2. The predicted molar refractivity (Wildman–Crippen MR) is 82.1 cm³/mol. The van der Waals surface area contributed by atoms with Gasteiger partial charge in [0, 0.05) is 25.3 Å². The van der Waals surface area contributed by atoms with Crippen molar-refractivity contribution in [3.63, 3.8) is 0 Å². The Kier molecular flexibility index (Phi) is 6.30. The maximum atomic E-state index is 9.18. The molecule has 0 bridgehead atoms. The van der Waals surface area contributed by atoms with Gasteiger partial charge in [-0.1, -0.05) is 12.1 Å². The number of nitrogens with zero attached hydrogens (tertiary/aromatic N) is 1. The first-order chi connectivity index (χ1) is 9.75. The van der Waals surface area contributed by atoms with Crippen LogP contribution in [0, 0.1) is 0 Å². The van der Waals surface area contributed by atoms with Gasteiger partial charge in [-0.2, -0.15) is 0 Å². The molecule has 1 atom stereocenters. The Hall–Kier alpha value is -1.10. The van der Waals surface area contributed by atoms with Crippen LogP contribution in [-0.4, -0.2) is 44.1 Å². The second-order valence-electron chi connectivity index (χ2n) is 5.43. The molecule has 112 valence electrons. The van der Waals surface area contributed by atoms with E-state index in [1.54, 1.807) is 0 Å². The van der Waals surface area contributed by atoms with Crippen LogP contribution >= 0.6 is 0 Å². The van der Waals surface area contributed by atoms with Crippen molar-refractivity contribution < 1.29 is 9.84 Å². The van der Waals surface area contributed by atoms with Crippen LogP contribution in [-0.2, 0) is 11.3 Å². The lowest BCUT2D eigenvalue weighted by Crippen LogP contribution is -2.36. The van der Waals surface area contributed by atoms with Crippen molar-refractivity contribution >= 4 is 5.69 Å². The van der Waals surface area contributed by atoms with Crippen LogP contribution in [0.2, 0.25) is 0 Å². The van der Waals surface area contributed by atoms with Gasteiger partial charge in [0.05, 0.1) is 19.3 Å². The molecule has 1 saturated heterocycles. The molecule has 1 unspecified atom stereocenters. The van der Waals surface area contributed by atoms with Crippen LogP contribution < -0.4 is 10.2 Å². The van der Waals surface area contributed by atoms with Gasteiger partial charge < -0.3 is 20.1 Å². The number of aliphatic hydroxyl groups excluding tert-OH is 1. The van der Waals surface area contributed by atoms with Crippen LogP contribution in [0.15, 0.2) is 24.3 Å². The largest absolute Gasteiger partial charge is 0.393 e. The predicted octanol–water partition coefficient (Wildman–Crippen LogP) is 1.77. The van der Waals surface area contributed by atoms with E-state index in [9.17, 15) is 5.11 Å². The van der Waals surface area contributed by atoms with Gasteiger partial charge in [0.2, 0.25) is 0 Å². The van der Waals surface area contributed by atoms with Gasteiger partial charge in [0.25, 0.3) is 0 Å². The molecule has 1 aliphatic rings. The van der Waals surface area contributed by atoms with E-state index in [1.165, 1.54) is 11.3 Å². The van der Waals surface area contributed by atoms with Crippen molar-refractivity contribution in [2.45, 2.75) is 32.4 Å². The summed E-state index contributed by atoms with van der Waals surface area (Å²) in [4.78, 5) is 2.36. The lowest BCUT2D eigenvalue weighted by atomic mass is 10.1. The lowest BCUT2D eigenvalue weighted by Gasteiger charge is -2.28. The number of nitrogens with one attached hydrogen (secondary N) is 1. The van der Waals surface area contributed by atoms with Crippen LogP contribution in [0.4, 0.5) is 5.69 Å². The van der Waals surface area contributed by atoms with E-state index < -0.39 is 0 Å². The van der Waals surface area contributed by atoms with Gasteiger partial charge in [0.15, 0.2) is 0 Å². The second kappa shape index (κ2) is 8.25. The topological polar surface area (TPSA) is 44.7 Å². The summed E-state index contributed by atoms with van der Waals surface area (Å²) >= 11 is 0. The summed E-state index contributed by atoms with van der Waals surface area (Å²) in [5.74, 6) is 0. The minimum absolute atomic E-state index is 0.190. The molecule has 2 N–H and O–H groups in total. The molecule has 1 aromatic carbocycles. The number of morpholine rings is 1. The van der Waals surface area contributed by atoms with E-state index in [4.69, 9.17) is 4.74 Å². The summed E-state index contributed by atoms with van der Waals surface area (Å²) in [6, 6.07) is 8.76. The zero-order valence-corrected chi connectivity index (χ0v) is 12.3. The fourth-order valence-electron chi connectivity index (χ4n) is 2.40. The highest BCUT2D eigenvalue weighted by molar-refractivity contribution is 5.47. The van der Waals surface area contributed by atoms with Crippen molar-refractivity contribution in [3.8, 4) is 0 Å². The Bertz CT molecular complexity index is 373. The summed E-state index contributed by atoms with van der Waals surface area (Å²) in [7, 11) is 0. The molecule has 1 heterocycles. The van der Waals surface area contributed by atoms with Gasteiger partial charge in [-0.3, -0.25) is 0 Å². The molecule has 0 aliphatic carbocycles. The third-order valence-electron chi connectivity index (χ3n) is 3.62. The van der Waals surface area contributed by atoms with Crippen molar-refractivity contribution in [2.75, 3.05) is 37.7 Å². The first-order valence-electron chi connectivity index (χ1n) is 7.56. The van der Waals surface area contributed by atoms with E-state index in [1.807, 2.05) is 6.92 Å². The third-order valence-corrected chi connectivity index (χ3v) is 3.62. The standard InChI is InChI=1S/C16H26N2O2/c1-14(19)3-2-8-17-13-15-4-6-16(7-5-15)18-9-11-20-12-10-18/h4-7,14,17,19H,2-3,8-13H2,1H3. The highest BCUT2D eigenvalue weighted by atomic mass is 16.5. The maximum Gasteiger partial charge on any atom is 0.0642 e. The normalized spacial score (nSPS) is 17.2. The minimum Gasteiger partial charge on any atom is -0.393 e. The number of aliphatic hydroxyl groups is 1. The summed E-state index contributed by atoms with van der Waals surface area (Å²) in [5, 5.41) is 12.6. The van der Waals surface area contributed by atoms with Gasteiger partial charge in [-0.05, 0) is 44.0 Å². The van der Waals surface area contributed by atoms with E-state index in [0.717, 1.165) is 52.2 Å². The van der Waals surface area contributed by atoms with E-state index in [-0.39, 0.29) is 6.10 Å². The Morgan fingerprint density at radius 2 is 1.95 bits per heavy atom. The van der Waals surface area contributed by atoms with Crippen LogP contribution in [0.1, 0.15) is 25.3 Å². The fraction of sp³-hybridized carbons (Fsp3) is 0.625. The molecule has 4 heteroatoms. The first-order valence-corrected chi connectivity index (χ1v) is 7.56. The van der Waals surface area contributed by atoms with E-state index in [0.29, 0.717) is 0 Å². The van der Waals surface area contributed by atoms with Crippen molar-refractivity contribution in [1.29, 1.82) is 0 Å². The third kappa shape index (κ3) is 5.12. The highest BCUT2D eigenvalue weighted by Gasteiger charge is 2.10. The molecule has 0 spiro atoms. The van der Waals surface area contributed by atoms with E-state index >= 15 is 0 Å². The zero-order chi connectivity index (χ0) is 14.2. The molecular weight excluding hydrogens is 252 g/mol. The smallest absolute Gasteiger partial charge is 0.0642 e. The Balaban J connectivity index is 1.71. The molecule has 4 nitrogen and oxygen atoms in total. The summed E-state index contributed by atoms with van der Waals surface area (Å²) < 4.78 is 5.37. The second-order valence-corrected chi connectivity index (χ2v) is 5.43. The summed E-state index contributed by atoms with van der Waals surface area (Å²) in [5.41, 5.74) is 2.59. The average Bonchev–Trinajstić information content (AvgIpc) is 2.48. The Labute approximate surface area is 121 Å². The molecule has 0 amide bonds.